The average Bonchev–Trinajstić information content (AvgIpc) is 2.45. The van der Waals surface area contributed by atoms with Gasteiger partial charge in [-0.1, -0.05) is 53.9 Å². The molecule has 1 atom stereocenters. The summed E-state index contributed by atoms with van der Waals surface area (Å²) in [6, 6.07) is 10.1. The highest BCUT2D eigenvalue weighted by molar-refractivity contribution is 6.33. The molecule has 1 N–H and O–H groups in total. The summed E-state index contributed by atoms with van der Waals surface area (Å²) in [5, 5.41) is 4.60. The van der Waals surface area contributed by atoms with Crippen molar-refractivity contribution in [3.63, 3.8) is 0 Å². The van der Waals surface area contributed by atoms with Gasteiger partial charge in [-0.3, -0.25) is 0 Å². The zero-order chi connectivity index (χ0) is 15.4. The average molecular weight is 347 g/mol. The van der Waals surface area contributed by atoms with Crippen molar-refractivity contribution in [2.24, 2.45) is 0 Å². The molecule has 2 rings (SSSR count). The fraction of sp³-hybridized carbons (Fsp3) is 0.250. The number of hydrogen-bond acceptors (Lipinski definition) is 1. The summed E-state index contributed by atoms with van der Waals surface area (Å²) in [6.07, 6.45) is 0.532. The minimum atomic E-state index is -0.400. The maximum absolute atomic E-state index is 14.2. The summed E-state index contributed by atoms with van der Waals surface area (Å²) in [7, 11) is 0. The van der Waals surface area contributed by atoms with Crippen LogP contribution in [0.5, 0.6) is 0 Å². The van der Waals surface area contributed by atoms with Crippen LogP contribution in [0.2, 0.25) is 15.1 Å². The van der Waals surface area contributed by atoms with Gasteiger partial charge in [0, 0.05) is 21.7 Å². The summed E-state index contributed by atoms with van der Waals surface area (Å²) in [5.74, 6) is -0.400. The Morgan fingerprint density at radius 2 is 1.86 bits per heavy atom. The smallest absolute Gasteiger partial charge is 0.146 e. The largest absolute Gasteiger partial charge is 0.310 e. The molecular weight excluding hydrogens is 332 g/mol. The topological polar surface area (TPSA) is 12.0 Å². The summed E-state index contributed by atoms with van der Waals surface area (Å²) in [6.45, 7) is 2.67. The van der Waals surface area contributed by atoms with E-state index in [4.69, 9.17) is 34.8 Å². The Labute approximate surface area is 139 Å². The molecule has 0 saturated heterocycles. The number of hydrogen-bond donors (Lipinski definition) is 1. The number of benzene rings is 2. The fourth-order valence-corrected chi connectivity index (χ4v) is 2.82. The molecule has 0 aliphatic heterocycles. The van der Waals surface area contributed by atoms with Crippen LogP contribution in [0.15, 0.2) is 36.4 Å². The van der Waals surface area contributed by atoms with Gasteiger partial charge in [0.1, 0.15) is 5.82 Å². The van der Waals surface area contributed by atoms with Crippen molar-refractivity contribution in [3.8, 4) is 0 Å². The second-order valence-electron chi connectivity index (χ2n) is 4.69. The Bertz CT molecular complexity index is 631. The van der Waals surface area contributed by atoms with E-state index in [-0.39, 0.29) is 11.1 Å². The Hall–Kier alpha value is -0.800. The van der Waals surface area contributed by atoms with Crippen LogP contribution in [0.1, 0.15) is 24.1 Å². The second-order valence-corrected chi connectivity index (χ2v) is 5.94. The summed E-state index contributed by atoms with van der Waals surface area (Å²) < 4.78 is 14.2. The van der Waals surface area contributed by atoms with Crippen molar-refractivity contribution < 1.29 is 4.39 Å². The molecule has 1 nitrogen and oxygen atoms in total. The van der Waals surface area contributed by atoms with Crippen LogP contribution in [-0.2, 0) is 6.42 Å². The first-order valence-electron chi connectivity index (χ1n) is 6.64. The van der Waals surface area contributed by atoms with E-state index in [1.807, 2.05) is 6.92 Å². The maximum Gasteiger partial charge on any atom is 0.146 e. The van der Waals surface area contributed by atoms with Crippen molar-refractivity contribution in [2.45, 2.75) is 19.4 Å². The highest BCUT2D eigenvalue weighted by Crippen LogP contribution is 2.29. The standard InChI is InChI=1S/C16H15Cl3FN/c1-2-21-15(12-4-3-5-14(19)16(12)20)9-10-8-11(17)6-7-13(10)18/h3-8,15,21H,2,9H2,1H3. The van der Waals surface area contributed by atoms with Crippen LogP contribution in [0.4, 0.5) is 4.39 Å². The maximum atomic E-state index is 14.2. The van der Waals surface area contributed by atoms with Crippen LogP contribution < -0.4 is 5.32 Å². The molecule has 112 valence electrons. The van der Waals surface area contributed by atoms with Crippen molar-refractivity contribution in [1.82, 2.24) is 5.32 Å². The molecule has 2 aromatic carbocycles. The highest BCUT2D eigenvalue weighted by atomic mass is 35.5. The lowest BCUT2D eigenvalue weighted by Gasteiger charge is -2.20. The fourth-order valence-electron chi connectivity index (χ4n) is 2.25. The third kappa shape index (κ3) is 4.10. The normalized spacial score (nSPS) is 12.4. The van der Waals surface area contributed by atoms with E-state index < -0.39 is 5.82 Å². The van der Waals surface area contributed by atoms with Crippen LogP contribution >= 0.6 is 34.8 Å². The van der Waals surface area contributed by atoms with Gasteiger partial charge >= 0.3 is 0 Å². The third-order valence-electron chi connectivity index (χ3n) is 3.24. The van der Waals surface area contributed by atoms with Crippen LogP contribution in [0.3, 0.4) is 0 Å². The Balaban J connectivity index is 2.35. The zero-order valence-electron chi connectivity index (χ0n) is 11.5. The minimum Gasteiger partial charge on any atom is -0.310 e. The van der Waals surface area contributed by atoms with E-state index in [9.17, 15) is 4.39 Å². The van der Waals surface area contributed by atoms with Gasteiger partial charge in [0.2, 0.25) is 0 Å². The molecule has 0 amide bonds. The zero-order valence-corrected chi connectivity index (χ0v) is 13.7. The molecule has 0 fully saturated rings. The van der Waals surface area contributed by atoms with Gasteiger partial charge in [-0.25, -0.2) is 4.39 Å². The molecule has 0 bridgehead atoms. The first kappa shape index (κ1) is 16.6. The quantitative estimate of drug-likeness (QED) is 0.734. The molecule has 0 spiro atoms. The molecule has 0 aliphatic rings. The van der Waals surface area contributed by atoms with Crippen molar-refractivity contribution in [3.05, 3.63) is 68.4 Å². The van der Waals surface area contributed by atoms with Crippen molar-refractivity contribution in [1.29, 1.82) is 0 Å². The molecule has 0 saturated carbocycles. The van der Waals surface area contributed by atoms with Crippen LogP contribution in [-0.4, -0.2) is 6.54 Å². The van der Waals surface area contributed by atoms with Crippen LogP contribution in [0, 0.1) is 5.82 Å². The van der Waals surface area contributed by atoms with E-state index in [2.05, 4.69) is 5.32 Å². The molecule has 21 heavy (non-hydrogen) atoms. The highest BCUT2D eigenvalue weighted by Gasteiger charge is 2.18. The van der Waals surface area contributed by atoms with E-state index >= 15 is 0 Å². The number of rotatable bonds is 5. The number of nitrogens with one attached hydrogen (secondary N) is 1. The Morgan fingerprint density at radius 1 is 1.10 bits per heavy atom. The molecule has 0 heterocycles. The van der Waals surface area contributed by atoms with Gasteiger partial charge in [0.25, 0.3) is 0 Å². The number of likely N-dealkylation sites (N-methyl/N-ethyl adjacent to an activating group) is 1. The first-order chi connectivity index (χ1) is 10.0. The molecule has 0 radical (unpaired) electrons. The van der Waals surface area contributed by atoms with Gasteiger partial charge in [0.05, 0.1) is 5.02 Å². The van der Waals surface area contributed by atoms with Gasteiger partial charge < -0.3 is 5.32 Å². The molecular formula is C16H15Cl3FN. The summed E-state index contributed by atoms with van der Waals surface area (Å²) >= 11 is 18.1. The monoisotopic (exact) mass is 345 g/mol. The lowest BCUT2D eigenvalue weighted by Crippen LogP contribution is -2.24. The van der Waals surface area contributed by atoms with Gasteiger partial charge in [0.15, 0.2) is 0 Å². The second kappa shape index (κ2) is 7.46. The molecule has 5 heteroatoms. The SMILES string of the molecule is CCNC(Cc1cc(Cl)ccc1Cl)c1cccc(Cl)c1F. The van der Waals surface area contributed by atoms with E-state index in [0.717, 1.165) is 5.56 Å². The lowest BCUT2D eigenvalue weighted by atomic mass is 9.98. The predicted molar refractivity (Wildman–Crippen MR) is 88.0 cm³/mol. The molecule has 0 aliphatic carbocycles. The predicted octanol–water partition coefficient (Wildman–Crippen LogP) is 5.68. The molecule has 0 aromatic heterocycles. The lowest BCUT2D eigenvalue weighted by molar-refractivity contribution is 0.510. The minimum absolute atomic E-state index is 0.118. The van der Waals surface area contributed by atoms with E-state index in [1.54, 1.807) is 30.3 Å². The van der Waals surface area contributed by atoms with Crippen molar-refractivity contribution in [2.75, 3.05) is 6.54 Å². The third-order valence-corrected chi connectivity index (χ3v) is 4.13. The molecule has 2 aromatic rings. The molecule has 1 unspecified atom stereocenters. The Morgan fingerprint density at radius 3 is 2.57 bits per heavy atom. The number of halogens is 4. The van der Waals surface area contributed by atoms with Crippen molar-refractivity contribution >= 4 is 34.8 Å². The summed E-state index contributed by atoms with van der Waals surface area (Å²) in [5.41, 5.74) is 1.40. The van der Waals surface area contributed by atoms with E-state index in [1.165, 1.54) is 6.07 Å². The van der Waals surface area contributed by atoms with Gasteiger partial charge in [-0.15, -0.1) is 0 Å². The summed E-state index contributed by atoms with van der Waals surface area (Å²) in [4.78, 5) is 0. The Kier molecular flexibility index (Phi) is 5.88. The van der Waals surface area contributed by atoms with Gasteiger partial charge in [-0.2, -0.15) is 0 Å². The van der Waals surface area contributed by atoms with Crippen LogP contribution in [0.25, 0.3) is 0 Å². The van der Waals surface area contributed by atoms with Gasteiger partial charge in [-0.05, 0) is 42.8 Å². The van der Waals surface area contributed by atoms with E-state index in [0.29, 0.717) is 28.6 Å². The first-order valence-corrected chi connectivity index (χ1v) is 7.77.